The fourth-order valence-corrected chi connectivity index (χ4v) is 3.87. The summed E-state index contributed by atoms with van der Waals surface area (Å²) in [5.41, 5.74) is 0. The highest BCUT2D eigenvalue weighted by Crippen LogP contribution is 2.35. The monoisotopic (exact) mass is 280 g/mol. The van der Waals surface area contributed by atoms with Crippen molar-refractivity contribution in [2.45, 2.75) is 70.0 Å². The molecular formula is C16H28N2O2. The summed E-state index contributed by atoms with van der Waals surface area (Å²) in [6, 6.07) is 1.83. The second-order valence-corrected chi connectivity index (χ2v) is 7.27. The van der Waals surface area contributed by atoms with Gasteiger partial charge in [-0.25, -0.2) is 0 Å². The van der Waals surface area contributed by atoms with E-state index in [1.54, 1.807) is 0 Å². The van der Waals surface area contributed by atoms with Crippen molar-refractivity contribution in [2.75, 3.05) is 13.1 Å². The summed E-state index contributed by atoms with van der Waals surface area (Å²) < 4.78 is 0. The SMILES string of the molecule is CC1CCCC1NC1CC(N(CC(=O)O)CC2CC2)C1. The molecule has 0 heterocycles. The van der Waals surface area contributed by atoms with Gasteiger partial charge in [-0.05, 0) is 50.4 Å². The summed E-state index contributed by atoms with van der Waals surface area (Å²) in [4.78, 5) is 13.2. The number of rotatable bonds is 7. The van der Waals surface area contributed by atoms with Crippen molar-refractivity contribution in [2.24, 2.45) is 11.8 Å². The van der Waals surface area contributed by atoms with E-state index in [1.165, 1.54) is 32.1 Å². The fraction of sp³-hybridized carbons (Fsp3) is 0.938. The van der Waals surface area contributed by atoms with Gasteiger partial charge in [0.2, 0.25) is 0 Å². The van der Waals surface area contributed by atoms with Gasteiger partial charge in [0.25, 0.3) is 0 Å². The lowest BCUT2D eigenvalue weighted by atomic mass is 9.84. The summed E-state index contributed by atoms with van der Waals surface area (Å²) >= 11 is 0. The lowest BCUT2D eigenvalue weighted by molar-refractivity contribution is -0.139. The van der Waals surface area contributed by atoms with Gasteiger partial charge in [0.15, 0.2) is 0 Å². The molecule has 3 rings (SSSR count). The fourth-order valence-electron chi connectivity index (χ4n) is 3.87. The molecule has 0 aliphatic heterocycles. The van der Waals surface area contributed by atoms with Gasteiger partial charge in [-0.15, -0.1) is 0 Å². The minimum atomic E-state index is -0.675. The molecule has 3 aliphatic carbocycles. The predicted octanol–water partition coefficient (Wildman–Crippen LogP) is 2.09. The van der Waals surface area contributed by atoms with Crippen LogP contribution in [0.1, 0.15) is 51.9 Å². The van der Waals surface area contributed by atoms with Crippen LogP contribution in [0.15, 0.2) is 0 Å². The van der Waals surface area contributed by atoms with E-state index in [4.69, 9.17) is 5.11 Å². The van der Waals surface area contributed by atoms with Crippen LogP contribution in [0.5, 0.6) is 0 Å². The quantitative estimate of drug-likeness (QED) is 0.750. The first kappa shape index (κ1) is 14.3. The zero-order chi connectivity index (χ0) is 14.1. The van der Waals surface area contributed by atoms with E-state index >= 15 is 0 Å². The van der Waals surface area contributed by atoms with Crippen molar-refractivity contribution in [3.05, 3.63) is 0 Å². The first-order valence-electron chi connectivity index (χ1n) is 8.33. The highest BCUT2D eigenvalue weighted by Gasteiger charge is 2.38. The smallest absolute Gasteiger partial charge is 0.317 e. The topological polar surface area (TPSA) is 52.6 Å². The van der Waals surface area contributed by atoms with Gasteiger partial charge in [-0.1, -0.05) is 13.3 Å². The molecule has 4 heteroatoms. The van der Waals surface area contributed by atoms with E-state index in [0.29, 0.717) is 18.1 Å². The summed E-state index contributed by atoms with van der Waals surface area (Å²) in [6.07, 6.45) is 8.92. The maximum absolute atomic E-state index is 11.0. The van der Waals surface area contributed by atoms with E-state index in [1.807, 2.05) is 0 Å². The molecule has 0 aromatic rings. The number of hydrogen-bond acceptors (Lipinski definition) is 3. The van der Waals surface area contributed by atoms with Crippen LogP contribution < -0.4 is 5.32 Å². The Hall–Kier alpha value is -0.610. The molecule has 2 N–H and O–H groups in total. The van der Waals surface area contributed by atoms with Crippen LogP contribution >= 0.6 is 0 Å². The molecule has 114 valence electrons. The van der Waals surface area contributed by atoms with Crippen molar-refractivity contribution >= 4 is 5.97 Å². The zero-order valence-electron chi connectivity index (χ0n) is 12.6. The van der Waals surface area contributed by atoms with Crippen LogP contribution in [0.2, 0.25) is 0 Å². The lowest BCUT2D eigenvalue weighted by Gasteiger charge is -2.44. The standard InChI is InChI=1S/C16H28N2O2/c1-11-3-2-4-15(11)17-13-7-14(8-13)18(10-16(19)20)9-12-5-6-12/h11-15,17H,2-10H2,1H3,(H,19,20). The van der Waals surface area contributed by atoms with E-state index in [0.717, 1.165) is 31.2 Å². The number of aliphatic carboxylic acids is 1. The van der Waals surface area contributed by atoms with Crippen LogP contribution in [0, 0.1) is 11.8 Å². The molecule has 0 radical (unpaired) electrons. The number of hydrogen-bond donors (Lipinski definition) is 2. The van der Waals surface area contributed by atoms with Gasteiger partial charge in [-0.2, -0.15) is 0 Å². The first-order valence-corrected chi connectivity index (χ1v) is 8.33. The van der Waals surface area contributed by atoms with Crippen molar-refractivity contribution < 1.29 is 9.90 Å². The van der Waals surface area contributed by atoms with E-state index in [2.05, 4.69) is 17.1 Å². The summed E-state index contributed by atoms with van der Waals surface area (Å²) in [6.45, 7) is 3.59. The van der Waals surface area contributed by atoms with Gasteiger partial charge < -0.3 is 10.4 Å². The molecule has 4 nitrogen and oxygen atoms in total. The Morgan fingerprint density at radius 1 is 1.25 bits per heavy atom. The van der Waals surface area contributed by atoms with Crippen LogP contribution in [-0.4, -0.2) is 47.2 Å². The van der Waals surface area contributed by atoms with Gasteiger partial charge in [0, 0.05) is 24.7 Å². The molecule has 2 unspecified atom stereocenters. The lowest BCUT2D eigenvalue weighted by Crippen LogP contribution is -2.56. The van der Waals surface area contributed by atoms with Crippen molar-refractivity contribution in [1.82, 2.24) is 10.2 Å². The van der Waals surface area contributed by atoms with Crippen molar-refractivity contribution in [1.29, 1.82) is 0 Å². The maximum atomic E-state index is 11.0. The molecular weight excluding hydrogens is 252 g/mol. The van der Waals surface area contributed by atoms with Crippen LogP contribution in [0.4, 0.5) is 0 Å². The van der Waals surface area contributed by atoms with E-state index in [9.17, 15) is 4.79 Å². The van der Waals surface area contributed by atoms with Crippen LogP contribution in [0.3, 0.4) is 0 Å². The second kappa shape index (κ2) is 6.02. The third-order valence-corrected chi connectivity index (χ3v) is 5.47. The number of carboxylic acids is 1. The third-order valence-electron chi connectivity index (χ3n) is 5.47. The van der Waals surface area contributed by atoms with E-state index < -0.39 is 5.97 Å². The molecule has 2 atom stereocenters. The third kappa shape index (κ3) is 3.53. The first-order chi connectivity index (χ1) is 9.61. The second-order valence-electron chi connectivity index (χ2n) is 7.27. The Labute approximate surface area is 121 Å². The van der Waals surface area contributed by atoms with Gasteiger partial charge >= 0.3 is 5.97 Å². The molecule has 0 aromatic carbocycles. The highest BCUT2D eigenvalue weighted by atomic mass is 16.4. The molecule has 0 amide bonds. The molecule has 3 fully saturated rings. The molecule has 3 saturated carbocycles. The predicted molar refractivity (Wildman–Crippen MR) is 78.7 cm³/mol. The summed E-state index contributed by atoms with van der Waals surface area (Å²) in [7, 11) is 0. The number of nitrogens with one attached hydrogen (secondary N) is 1. The Balaban J connectivity index is 1.43. The Bertz CT molecular complexity index is 350. The normalized spacial score (nSPS) is 37.1. The molecule has 0 spiro atoms. The minimum Gasteiger partial charge on any atom is -0.480 e. The molecule has 0 aromatic heterocycles. The molecule has 0 saturated heterocycles. The largest absolute Gasteiger partial charge is 0.480 e. The van der Waals surface area contributed by atoms with Gasteiger partial charge in [0.1, 0.15) is 0 Å². The number of carbonyl (C=O) groups is 1. The Kier molecular flexibility index (Phi) is 4.32. The number of carboxylic acid groups (broad SMARTS) is 1. The molecule has 3 aliphatic rings. The maximum Gasteiger partial charge on any atom is 0.317 e. The molecule has 20 heavy (non-hydrogen) atoms. The molecule has 0 bridgehead atoms. The average Bonchev–Trinajstić information content (AvgIpc) is 3.04. The van der Waals surface area contributed by atoms with Gasteiger partial charge in [-0.3, -0.25) is 9.69 Å². The Morgan fingerprint density at radius 2 is 2.00 bits per heavy atom. The Morgan fingerprint density at radius 3 is 2.55 bits per heavy atom. The van der Waals surface area contributed by atoms with Crippen molar-refractivity contribution in [3.63, 3.8) is 0 Å². The van der Waals surface area contributed by atoms with Crippen molar-refractivity contribution in [3.8, 4) is 0 Å². The highest BCUT2D eigenvalue weighted by molar-refractivity contribution is 5.69. The average molecular weight is 280 g/mol. The zero-order valence-corrected chi connectivity index (χ0v) is 12.6. The van der Waals surface area contributed by atoms with Crippen LogP contribution in [0.25, 0.3) is 0 Å². The van der Waals surface area contributed by atoms with Gasteiger partial charge in [0.05, 0.1) is 6.54 Å². The van der Waals surface area contributed by atoms with E-state index in [-0.39, 0.29) is 6.54 Å². The van der Waals surface area contributed by atoms with Crippen LogP contribution in [-0.2, 0) is 4.79 Å². The number of nitrogens with zero attached hydrogens (tertiary/aromatic N) is 1. The minimum absolute atomic E-state index is 0.230. The summed E-state index contributed by atoms with van der Waals surface area (Å²) in [5.74, 6) is 0.915. The summed E-state index contributed by atoms with van der Waals surface area (Å²) in [5, 5.41) is 12.9.